The van der Waals surface area contributed by atoms with Crippen molar-refractivity contribution in [3.63, 3.8) is 0 Å². The third-order valence-electron chi connectivity index (χ3n) is 3.23. The van der Waals surface area contributed by atoms with E-state index in [1.165, 1.54) is 0 Å². The number of para-hydroxylation sites is 1. The number of nitrogens with zero attached hydrogens (tertiary/aromatic N) is 5. The second-order valence-corrected chi connectivity index (χ2v) is 5.33. The fourth-order valence-electron chi connectivity index (χ4n) is 2.30. The van der Waals surface area contributed by atoms with Gasteiger partial charge in [-0.25, -0.2) is 4.98 Å². The van der Waals surface area contributed by atoms with E-state index in [-0.39, 0.29) is 5.38 Å². The van der Waals surface area contributed by atoms with Crippen LogP contribution in [0, 0.1) is 11.3 Å². The number of rotatable bonds is 3. The van der Waals surface area contributed by atoms with Crippen LogP contribution >= 0.6 is 11.6 Å². The van der Waals surface area contributed by atoms with Crippen molar-refractivity contribution in [2.45, 2.75) is 18.8 Å². The summed E-state index contributed by atoms with van der Waals surface area (Å²) in [6, 6.07) is 11.4. The number of fused-ring (bicyclic) bond motifs is 1. The number of hydrogen-bond donors (Lipinski definition) is 0. The Bertz CT molecular complexity index is 817. The highest BCUT2D eigenvalue weighted by atomic mass is 35.5. The maximum Gasteiger partial charge on any atom is 0.128 e. The summed E-state index contributed by atoms with van der Waals surface area (Å²) in [5.41, 5.74) is 2.91. The highest BCUT2D eigenvalue weighted by Gasteiger charge is 2.17. The van der Waals surface area contributed by atoms with Crippen molar-refractivity contribution in [1.29, 1.82) is 5.26 Å². The van der Waals surface area contributed by atoms with E-state index in [0.29, 0.717) is 17.6 Å². The van der Waals surface area contributed by atoms with Crippen molar-refractivity contribution >= 4 is 22.6 Å². The van der Waals surface area contributed by atoms with Gasteiger partial charge < -0.3 is 4.57 Å². The molecule has 1 aromatic carbocycles. The van der Waals surface area contributed by atoms with Crippen molar-refractivity contribution in [3.8, 4) is 6.07 Å². The van der Waals surface area contributed by atoms with Crippen molar-refractivity contribution in [2.75, 3.05) is 0 Å². The standard InChI is InChI=1S/C15H12ClN5/c1-10(16)15-19-14-11(8-17)4-2-6-13(14)21(15)9-12-5-3-7-18-20-12/h2-7,10H,9H2,1H3. The van der Waals surface area contributed by atoms with E-state index in [9.17, 15) is 5.26 Å². The van der Waals surface area contributed by atoms with Gasteiger partial charge in [0.1, 0.15) is 17.4 Å². The highest BCUT2D eigenvalue weighted by Crippen LogP contribution is 2.26. The highest BCUT2D eigenvalue weighted by molar-refractivity contribution is 6.20. The second kappa shape index (κ2) is 5.51. The van der Waals surface area contributed by atoms with Gasteiger partial charge in [-0.1, -0.05) is 6.07 Å². The first-order chi connectivity index (χ1) is 10.2. The number of imidazole rings is 1. The van der Waals surface area contributed by atoms with Crippen LogP contribution in [-0.4, -0.2) is 19.7 Å². The summed E-state index contributed by atoms with van der Waals surface area (Å²) in [4.78, 5) is 4.54. The molecule has 1 unspecified atom stereocenters. The van der Waals surface area contributed by atoms with E-state index in [4.69, 9.17) is 11.6 Å². The van der Waals surface area contributed by atoms with Gasteiger partial charge in [0, 0.05) is 6.20 Å². The van der Waals surface area contributed by atoms with E-state index in [2.05, 4.69) is 21.3 Å². The summed E-state index contributed by atoms with van der Waals surface area (Å²) in [5, 5.41) is 16.9. The summed E-state index contributed by atoms with van der Waals surface area (Å²) >= 11 is 6.24. The minimum atomic E-state index is -0.263. The maximum absolute atomic E-state index is 9.21. The summed E-state index contributed by atoms with van der Waals surface area (Å²) < 4.78 is 1.98. The molecule has 0 spiro atoms. The summed E-state index contributed by atoms with van der Waals surface area (Å²) in [6.07, 6.45) is 1.63. The van der Waals surface area contributed by atoms with Gasteiger partial charge in [0.2, 0.25) is 0 Å². The van der Waals surface area contributed by atoms with Gasteiger partial charge in [-0.3, -0.25) is 0 Å². The molecule has 3 aromatic rings. The van der Waals surface area contributed by atoms with Crippen molar-refractivity contribution in [3.05, 3.63) is 53.6 Å². The van der Waals surface area contributed by atoms with Gasteiger partial charge >= 0.3 is 0 Å². The number of nitriles is 1. The van der Waals surface area contributed by atoms with Crippen LogP contribution in [0.3, 0.4) is 0 Å². The average Bonchev–Trinajstić information content (AvgIpc) is 2.87. The Morgan fingerprint density at radius 1 is 1.33 bits per heavy atom. The van der Waals surface area contributed by atoms with Crippen LogP contribution in [0.2, 0.25) is 0 Å². The van der Waals surface area contributed by atoms with E-state index < -0.39 is 0 Å². The smallest absolute Gasteiger partial charge is 0.128 e. The van der Waals surface area contributed by atoms with Crippen LogP contribution in [0.15, 0.2) is 36.5 Å². The largest absolute Gasteiger partial charge is 0.321 e. The van der Waals surface area contributed by atoms with Gasteiger partial charge in [0.15, 0.2) is 0 Å². The first-order valence-corrected chi connectivity index (χ1v) is 6.94. The molecule has 2 heterocycles. The molecule has 6 heteroatoms. The lowest BCUT2D eigenvalue weighted by Crippen LogP contribution is -2.07. The third-order valence-corrected chi connectivity index (χ3v) is 3.43. The maximum atomic E-state index is 9.21. The lowest BCUT2D eigenvalue weighted by Gasteiger charge is -2.09. The van der Waals surface area contributed by atoms with Crippen molar-refractivity contribution in [2.24, 2.45) is 0 Å². The van der Waals surface area contributed by atoms with Gasteiger partial charge in [-0.05, 0) is 31.2 Å². The fraction of sp³-hybridized carbons (Fsp3) is 0.200. The molecule has 0 aliphatic heterocycles. The van der Waals surface area contributed by atoms with Crippen LogP contribution in [0.25, 0.3) is 11.0 Å². The zero-order valence-corrected chi connectivity index (χ0v) is 12.1. The number of halogens is 1. The quantitative estimate of drug-likeness (QED) is 0.697. The monoisotopic (exact) mass is 297 g/mol. The Kier molecular flexibility index (Phi) is 3.55. The molecule has 1 atom stereocenters. The molecule has 0 aliphatic rings. The topological polar surface area (TPSA) is 67.4 Å². The van der Waals surface area contributed by atoms with Crippen LogP contribution in [0.1, 0.15) is 29.4 Å². The molecule has 0 saturated heterocycles. The molecular formula is C15H12ClN5. The molecular weight excluding hydrogens is 286 g/mol. The molecule has 0 aliphatic carbocycles. The third kappa shape index (κ3) is 2.46. The second-order valence-electron chi connectivity index (χ2n) is 4.67. The molecule has 3 rings (SSSR count). The molecule has 0 saturated carbocycles. The molecule has 0 amide bonds. The minimum Gasteiger partial charge on any atom is -0.321 e. The van der Waals surface area contributed by atoms with E-state index >= 15 is 0 Å². The predicted octanol–water partition coefficient (Wildman–Crippen LogP) is 3.05. The molecule has 2 aromatic heterocycles. The number of hydrogen-bond acceptors (Lipinski definition) is 4. The molecule has 0 N–H and O–H groups in total. The van der Waals surface area contributed by atoms with Crippen LogP contribution in [-0.2, 0) is 6.54 Å². The molecule has 0 bridgehead atoms. The SMILES string of the molecule is CC(Cl)c1nc2c(C#N)cccc2n1Cc1cccnn1. The molecule has 21 heavy (non-hydrogen) atoms. The lowest BCUT2D eigenvalue weighted by molar-refractivity contribution is 0.715. The zero-order valence-electron chi connectivity index (χ0n) is 11.4. The molecule has 104 valence electrons. The summed E-state index contributed by atoms with van der Waals surface area (Å²) in [6.45, 7) is 2.38. The predicted molar refractivity (Wildman–Crippen MR) is 79.9 cm³/mol. The summed E-state index contributed by atoms with van der Waals surface area (Å²) in [5.74, 6) is 0.722. The molecule has 0 radical (unpaired) electrons. The van der Waals surface area contributed by atoms with Crippen LogP contribution < -0.4 is 0 Å². The normalized spacial score (nSPS) is 12.2. The molecule has 5 nitrogen and oxygen atoms in total. The minimum absolute atomic E-state index is 0.263. The number of benzene rings is 1. The van der Waals surface area contributed by atoms with Crippen molar-refractivity contribution in [1.82, 2.24) is 19.7 Å². The number of aromatic nitrogens is 4. The fourth-order valence-corrected chi connectivity index (χ4v) is 2.47. The van der Waals surface area contributed by atoms with Crippen LogP contribution in [0.4, 0.5) is 0 Å². The zero-order chi connectivity index (χ0) is 14.8. The molecule has 0 fully saturated rings. The van der Waals surface area contributed by atoms with Crippen molar-refractivity contribution < 1.29 is 0 Å². The van der Waals surface area contributed by atoms with E-state index in [0.717, 1.165) is 17.0 Å². The van der Waals surface area contributed by atoms with Gasteiger partial charge in [0.05, 0.1) is 28.7 Å². The Morgan fingerprint density at radius 2 is 2.19 bits per heavy atom. The van der Waals surface area contributed by atoms with Gasteiger partial charge in [-0.2, -0.15) is 15.5 Å². The first-order valence-electron chi connectivity index (χ1n) is 6.50. The Hall–Kier alpha value is -2.45. The Balaban J connectivity index is 2.20. The average molecular weight is 298 g/mol. The van der Waals surface area contributed by atoms with Gasteiger partial charge in [-0.15, -0.1) is 11.6 Å². The van der Waals surface area contributed by atoms with Crippen LogP contribution in [0.5, 0.6) is 0 Å². The first kappa shape index (κ1) is 13.5. The number of alkyl halides is 1. The Labute approximate surface area is 126 Å². The van der Waals surface area contributed by atoms with E-state index in [1.807, 2.05) is 35.8 Å². The summed E-state index contributed by atoms with van der Waals surface area (Å²) in [7, 11) is 0. The Morgan fingerprint density at radius 3 is 2.86 bits per heavy atom. The van der Waals surface area contributed by atoms with E-state index in [1.54, 1.807) is 12.3 Å². The van der Waals surface area contributed by atoms with Gasteiger partial charge in [0.25, 0.3) is 0 Å². The lowest BCUT2D eigenvalue weighted by atomic mass is 10.2.